The third-order valence-electron chi connectivity index (χ3n) is 3.25. The third kappa shape index (κ3) is 3.37. The van der Waals surface area contributed by atoms with E-state index in [1.807, 2.05) is 25.1 Å². The molecule has 0 aromatic carbocycles. The number of aryl methyl sites for hydroxylation is 1. The summed E-state index contributed by atoms with van der Waals surface area (Å²) < 4.78 is 3.30. The smallest absolute Gasteiger partial charge is 0.272 e. The van der Waals surface area contributed by atoms with Crippen LogP contribution in [0.1, 0.15) is 17.4 Å². The Hall–Kier alpha value is -3.16. The lowest BCUT2D eigenvalue weighted by Gasteiger charge is -2.03. The monoisotopic (exact) mass is 312 g/mol. The summed E-state index contributed by atoms with van der Waals surface area (Å²) in [6.07, 6.45) is 5.04. The third-order valence-corrected chi connectivity index (χ3v) is 3.25. The van der Waals surface area contributed by atoms with Crippen molar-refractivity contribution in [1.29, 1.82) is 0 Å². The molecule has 3 rings (SSSR count). The van der Waals surface area contributed by atoms with Crippen LogP contribution in [-0.4, -0.2) is 37.8 Å². The molecule has 0 atom stereocenters. The average molecular weight is 312 g/mol. The summed E-state index contributed by atoms with van der Waals surface area (Å²) in [5.41, 5.74) is 1.68. The molecule has 118 valence electrons. The second-order valence-corrected chi connectivity index (χ2v) is 4.92. The summed E-state index contributed by atoms with van der Waals surface area (Å²) in [5.74, 6) is -0.717. The molecule has 0 saturated heterocycles. The Labute approximate surface area is 132 Å². The van der Waals surface area contributed by atoms with Crippen molar-refractivity contribution in [1.82, 2.24) is 24.7 Å². The molecule has 3 aromatic heterocycles. The van der Waals surface area contributed by atoms with Gasteiger partial charge in [0.05, 0.1) is 23.9 Å². The summed E-state index contributed by atoms with van der Waals surface area (Å²) in [6, 6.07) is 7.20. The summed E-state index contributed by atoms with van der Waals surface area (Å²) in [6.45, 7) is 2.54. The molecule has 8 heteroatoms. The van der Waals surface area contributed by atoms with Gasteiger partial charge in [-0.05, 0) is 25.1 Å². The quantitative estimate of drug-likeness (QED) is 0.732. The highest BCUT2D eigenvalue weighted by Gasteiger charge is 2.12. The van der Waals surface area contributed by atoms with Crippen molar-refractivity contribution in [2.24, 2.45) is 0 Å². The topological polar surface area (TPSA) is 93.3 Å². The molecule has 0 aliphatic rings. The first kappa shape index (κ1) is 14.8. The zero-order chi connectivity index (χ0) is 16.2. The van der Waals surface area contributed by atoms with Gasteiger partial charge in [-0.25, -0.2) is 4.52 Å². The van der Waals surface area contributed by atoms with Gasteiger partial charge < -0.3 is 10.6 Å². The minimum Gasteiger partial charge on any atom is -0.342 e. The van der Waals surface area contributed by atoms with Gasteiger partial charge >= 0.3 is 0 Å². The molecule has 0 unspecified atom stereocenters. The van der Waals surface area contributed by atoms with E-state index in [4.69, 9.17) is 0 Å². The largest absolute Gasteiger partial charge is 0.342 e. The Morgan fingerprint density at radius 2 is 2.17 bits per heavy atom. The van der Waals surface area contributed by atoms with Crippen LogP contribution in [0.4, 0.5) is 5.69 Å². The minimum absolute atomic E-state index is 0.135. The van der Waals surface area contributed by atoms with Crippen LogP contribution in [0.5, 0.6) is 0 Å². The predicted molar refractivity (Wildman–Crippen MR) is 84.1 cm³/mol. The molecule has 3 heterocycles. The highest BCUT2D eigenvalue weighted by molar-refractivity contribution is 5.98. The van der Waals surface area contributed by atoms with Crippen molar-refractivity contribution in [2.75, 3.05) is 11.9 Å². The Bertz CT molecular complexity index is 817. The molecule has 2 N–H and O–H groups in total. The summed E-state index contributed by atoms with van der Waals surface area (Å²) in [7, 11) is 0. The number of anilines is 1. The maximum atomic E-state index is 12.0. The van der Waals surface area contributed by atoms with Gasteiger partial charge in [-0.2, -0.15) is 10.2 Å². The Balaban J connectivity index is 1.56. The number of carbonyl (C=O) groups excluding carboxylic acids is 2. The number of hydrogen-bond donors (Lipinski definition) is 2. The fraction of sp³-hybridized carbons (Fsp3) is 0.200. The second kappa shape index (κ2) is 6.30. The van der Waals surface area contributed by atoms with Crippen molar-refractivity contribution < 1.29 is 9.59 Å². The van der Waals surface area contributed by atoms with E-state index in [9.17, 15) is 9.59 Å². The lowest BCUT2D eigenvalue weighted by Crippen LogP contribution is -2.33. The van der Waals surface area contributed by atoms with Gasteiger partial charge in [0.25, 0.3) is 5.91 Å². The second-order valence-electron chi connectivity index (χ2n) is 4.92. The van der Waals surface area contributed by atoms with Crippen LogP contribution in [0.25, 0.3) is 5.52 Å². The van der Waals surface area contributed by atoms with Crippen LogP contribution in [-0.2, 0) is 11.3 Å². The Kier molecular flexibility index (Phi) is 4.05. The van der Waals surface area contributed by atoms with Crippen LogP contribution in [0, 0.1) is 0 Å². The van der Waals surface area contributed by atoms with Crippen molar-refractivity contribution in [3.63, 3.8) is 0 Å². The van der Waals surface area contributed by atoms with Gasteiger partial charge in [-0.1, -0.05) is 6.07 Å². The highest BCUT2D eigenvalue weighted by atomic mass is 16.2. The van der Waals surface area contributed by atoms with E-state index in [0.717, 1.165) is 12.1 Å². The Morgan fingerprint density at radius 3 is 2.91 bits per heavy atom. The zero-order valence-corrected chi connectivity index (χ0v) is 12.6. The molecule has 0 spiro atoms. The van der Waals surface area contributed by atoms with E-state index in [0.29, 0.717) is 5.69 Å². The number of aromatic nitrogens is 4. The number of nitrogens with zero attached hydrogens (tertiary/aromatic N) is 4. The number of pyridine rings is 1. The van der Waals surface area contributed by atoms with E-state index in [1.54, 1.807) is 33.9 Å². The fourth-order valence-electron chi connectivity index (χ4n) is 2.11. The maximum absolute atomic E-state index is 12.0. The van der Waals surface area contributed by atoms with E-state index in [1.165, 1.54) is 0 Å². The lowest BCUT2D eigenvalue weighted by atomic mass is 10.3. The number of amides is 2. The summed E-state index contributed by atoms with van der Waals surface area (Å²) >= 11 is 0. The fourth-order valence-corrected chi connectivity index (χ4v) is 2.11. The summed E-state index contributed by atoms with van der Waals surface area (Å²) in [4.78, 5) is 23.9. The first-order valence-corrected chi connectivity index (χ1v) is 7.20. The molecule has 0 aliphatic carbocycles. The number of nitrogens with one attached hydrogen (secondary N) is 2. The molecule has 2 amide bonds. The zero-order valence-electron chi connectivity index (χ0n) is 12.6. The van der Waals surface area contributed by atoms with Crippen molar-refractivity contribution in [3.8, 4) is 0 Å². The summed E-state index contributed by atoms with van der Waals surface area (Å²) in [5, 5.41) is 13.4. The molecular weight excluding hydrogens is 296 g/mol. The van der Waals surface area contributed by atoms with Gasteiger partial charge in [0.15, 0.2) is 5.69 Å². The average Bonchev–Trinajstić information content (AvgIpc) is 3.18. The van der Waals surface area contributed by atoms with E-state index in [2.05, 4.69) is 20.8 Å². The van der Waals surface area contributed by atoms with Crippen LogP contribution in [0.15, 0.2) is 42.9 Å². The van der Waals surface area contributed by atoms with Crippen molar-refractivity contribution >= 4 is 23.0 Å². The number of rotatable bonds is 5. The SMILES string of the molecule is CCn1cc(NC(=O)CNC(=O)c2cc3ccccn3n2)cn1. The molecule has 0 fully saturated rings. The van der Waals surface area contributed by atoms with Gasteiger partial charge in [0, 0.05) is 18.9 Å². The van der Waals surface area contributed by atoms with Gasteiger partial charge in [-0.15, -0.1) is 0 Å². The van der Waals surface area contributed by atoms with Gasteiger partial charge in [0.1, 0.15) is 0 Å². The van der Waals surface area contributed by atoms with E-state index < -0.39 is 5.91 Å². The van der Waals surface area contributed by atoms with Crippen LogP contribution >= 0.6 is 0 Å². The molecule has 0 bridgehead atoms. The first-order chi connectivity index (χ1) is 11.2. The predicted octanol–water partition coefficient (Wildman–Crippen LogP) is 0.919. The highest BCUT2D eigenvalue weighted by Crippen LogP contribution is 2.06. The van der Waals surface area contributed by atoms with Crippen LogP contribution in [0.2, 0.25) is 0 Å². The van der Waals surface area contributed by atoms with E-state index in [-0.39, 0.29) is 18.1 Å². The van der Waals surface area contributed by atoms with Gasteiger partial charge in [-0.3, -0.25) is 14.3 Å². The van der Waals surface area contributed by atoms with Gasteiger partial charge in [0.2, 0.25) is 5.91 Å². The maximum Gasteiger partial charge on any atom is 0.272 e. The molecule has 23 heavy (non-hydrogen) atoms. The van der Waals surface area contributed by atoms with Crippen LogP contribution in [0.3, 0.4) is 0 Å². The number of carbonyl (C=O) groups is 2. The Morgan fingerprint density at radius 1 is 1.30 bits per heavy atom. The minimum atomic E-state index is -0.395. The first-order valence-electron chi connectivity index (χ1n) is 7.20. The molecule has 0 aliphatic heterocycles. The van der Waals surface area contributed by atoms with Crippen molar-refractivity contribution in [3.05, 3.63) is 48.5 Å². The molecule has 3 aromatic rings. The molecule has 8 nitrogen and oxygen atoms in total. The number of fused-ring (bicyclic) bond motifs is 1. The lowest BCUT2D eigenvalue weighted by molar-refractivity contribution is -0.115. The molecule has 0 radical (unpaired) electrons. The molecular formula is C15H16N6O2. The normalized spacial score (nSPS) is 10.7. The van der Waals surface area contributed by atoms with Crippen LogP contribution < -0.4 is 10.6 Å². The van der Waals surface area contributed by atoms with Crippen molar-refractivity contribution in [2.45, 2.75) is 13.5 Å². The van der Waals surface area contributed by atoms with E-state index >= 15 is 0 Å². The standard InChI is InChI=1S/C15H16N6O2/c1-2-20-10-11(8-17-20)18-14(22)9-16-15(23)13-7-12-5-3-4-6-21(12)19-13/h3-8,10H,2,9H2,1H3,(H,16,23)(H,18,22). The number of hydrogen-bond acceptors (Lipinski definition) is 4. The molecule has 0 saturated carbocycles.